The van der Waals surface area contributed by atoms with Crippen molar-refractivity contribution in [1.29, 1.82) is 0 Å². The Morgan fingerprint density at radius 1 is 1.00 bits per heavy atom. The van der Waals surface area contributed by atoms with Crippen molar-refractivity contribution in [3.63, 3.8) is 0 Å². The molecule has 1 saturated heterocycles. The van der Waals surface area contributed by atoms with Crippen LogP contribution in [0.2, 0.25) is 0 Å². The monoisotopic (exact) mass is 426 g/mol. The Balaban J connectivity index is 1.40. The highest BCUT2D eigenvalue weighted by molar-refractivity contribution is 5.84. The summed E-state index contributed by atoms with van der Waals surface area (Å²) in [6.45, 7) is 7.02. The fraction of sp³-hybridized carbons (Fsp3) is 0.417. The molecule has 1 N–H and O–H groups in total. The first kappa shape index (κ1) is 22.5. The van der Waals surface area contributed by atoms with E-state index in [2.05, 4.69) is 5.32 Å². The summed E-state index contributed by atoms with van der Waals surface area (Å²) in [6, 6.07) is 16.7. The largest absolute Gasteiger partial charge is 0.490 e. The summed E-state index contributed by atoms with van der Waals surface area (Å²) in [4.78, 5) is 25.8. The Morgan fingerprint density at radius 3 is 2.26 bits per heavy atom. The van der Waals surface area contributed by atoms with Gasteiger partial charge in [-0.3, -0.25) is 5.32 Å². The number of nitrogens with zero attached hydrogens (tertiary/aromatic N) is 1. The molecule has 0 radical (unpaired) electrons. The predicted octanol–water partition coefficient (Wildman–Crippen LogP) is 5.21. The van der Waals surface area contributed by atoms with Gasteiger partial charge in [0.15, 0.2) is 0 Å². The minimum absolute atomic E-state index is 0.0355. The number of carbonyl (C=O) groups excluding carboxylic acids is 2. The molecule has 1 aliphatic heterocycles. The number of piperidine rings is 1. The van der Waals surface area contributed by atoms with Crippen molar-refractivity contribution >= 4 is 17.9 Å². The SMILES string of the molecule is CC(C)(C)OC(=O)N1CCC(Oc2ccc(NC(=O)OCc3ccccc3)cc2)CC1. The number of nitrogens with one attached hydrogen (secondary N) is 1. The Labute approximate surface area is 183 Å². The maximum absolute atomic E-state index is 12.1. The molecule has 0 bridgehead atoms. The molecule has 2 amide bonds. The summed E-state index contributed by atoms with van der Waals surface area (Å²) in [6.07, 6.45) is 0.733. The number of hydrogen-bond acceptors (Lipinski definition) is 5. The van der Waals surface area contributed by atoms with Crippen LogP contribution in [0.15, 0.2) is 54.6 Å². The highest BCUT2D eigenvalue weighted by atomic mass is 16.6. The minimum Gasteiger partial charge on any atom is -0.490 e. The van der Waals surface area contributed by atoms with E-state index in [9.17, 15) is 9.59 Å². The molecule has 7 nitrogen and oxygen atoms in total. The van der Waals surface area contributed by atoms with Crippen molar-refractivity contribution in [3.05, 3.63) is 60.2 Å². The molecule has 31 heavy (non-hydrogen) atoms. The van der Waals surface area contributed by atoms with Crippen molar-refractivity contribution < 1.29 is 23.8 Å². The predicted molar refractivity (Wildman–Crippen MR) is 118 cm³/mol. The first-order valence-corrected chi connectivity index (χ1v) is 10.5. The molecule has 0 atom stereocenters. The first-order valence-electron chi connectivity index (χ1n) is 10.5. The number of anilines is 1. The van der Waals surface area contributed by atoms with Crippen LogP contribution in [0.5, 0.6) is 5.75 Å². The van der Waals surface area contributed by atoms with Crippen LogP contribution in [-0.4, -0.2) is 41.9 Å². The van der Waals surface area contributed by atoms with E-state index in [1.54, 1.807) is 17.0 Å². The number of hydrogen-bond donors (Lipinski definition) is 1. The van der Waals surface area contributed by atoms with E-state index in [0.29, 0.717) is 18.8 Å². The zero-order chi connectivity index (χ0) is 22.3. The van der Waals surface area contributed by atoms with Gasteiger partial charge in [-0.05, 0) is 50.6 Å². The number of benzene rings is 2. The zero-order valence-corrected chi connectivity index (χ0v) is 18.3. The molecule has 3 rings (SSSR count). The van der Waals surface area contributed by atoms with E-state index in [0.717, 1.165) is 24.2 Å². The second-order valence-electron chi connectivity index (χ2n) is 8.50. The molecular formula is C24H30N2O5. The van der Waals surface area contributed by atoms with Crippen molar-refractivity contribution in [2.45, 2.75) is 51.9 Å². The van der Waals surface area contributed by atoms with Crippen LogP contribution in [-0.2, 0) is 16.1 Å². The molecule has 1 heterocycles. The van der Waals surface area contributed by atoms with Crippen LogP contribution in [0.25, 0.3) is 0 Å². The van der Waals surface area contributed by atoms with Gasteiger partial charge in [0.05, 0.1) is 0 Å². The maximum atomic E-state index is 12.1. The summed E-state index contributed by atoms with van der Waals surface area (Å²) in [5, 5.41) is 2.71. The van der Waals surface area contributed by atoms with Crippen molar-refractivity contribution in [2.75, 3.05) is 18.4 Å². The van der Waals surface area contributed by atoms with Crippen LogP contribution >= 0.6 is 0 Å². The zero-order valence-electron chi connectivity index (χ0n) is 18.3. The van der Waals surface area contributed by atoms with Gasteiger partial charge in [0.1, 0.15) is 24.1 Å². The number of rotatable bonds is 5. The van der Waals surface area contributed by atoms with E-state index in [1.807, 2.05) is 63.2 Å². The summed E-state index contributed by atoms with van der Waals surface area (Å²) in [5.74, 6) is 0.721. The molecule has 0 unspecified atom stereocenters. The second kappa shape index (κ2) is 10.2. The summed E-state index contributed by atoms with van der Waals surface area (Å²) in [5.41, 5.74) is 1.07. The van der Waals surface area contributed by atoms with Crippen LogP contribution in [0.4, 0.5) is 15.3 Å². The van der Waals surface area contributed by atoms with E-state index >= 15 is 0 Å². The van der Waals surface area contributed by atoms with Crippen LogP contribution in [0.1, 0.15) is 39.2 Å². The molecule has 0 aromatic heterocycles. The van der Waals surface area contributed by atoms with Crippen LogP contribution in [0, 0.1) is 0 Å². The highest BCUT2D eigenvalue weighted by Crippen LogP contribution is 2.22. The molecule has 1 fully saturated rings. The van der Waals surface area contributed by atoms with Gasteiger partial charge in [-0.25, -0.2) is 9.59 Å². The fourth-order valence-corrected chi connectivity index (χ4v) is 3.17. The Hall–Kier alpha value is -3.22. The lowest BCUT2D eigenvalue weighted by Gasteiger charge is -2.33. The second-order valence-corrected chi connectivity index (χ2v) is 8.50. The quantitative estimate of drug-likeness (QED) is 0.710. The van der Waals surface area contributed by atoms with Gasteiger partial charge < -0.3 is 19.1 Å². The lowest BCUT2D eigenvalue weighted by molar-refractivity contribution is 0.0126. The average molecular weight is 427 g/mol. The summed E-state index contributed by atoms with van der Waals surface area (Å²) >= 11 is 0. The third-order valence-electron chi connectivity index (χ3n) is 4.71. The standard InChI is InChI=1S/C24H30N2O5/c1-24(2,3)31-23(28)26-15-13-21(14-16-26)30-20-11-9-19(10-12-20)25-22(27)29-17-18-7-5-4-6-8-18/h4-12,21H,13-17H2,1-3H3,(H,25,27). The van der Waals surface area contributed by atoms with E-state index in [-0.39, 0.29) is 18.8 Å². The van der Waals surface area contributed by atoms with E-state index in [1.165, 1.54) is 0 Å². The molecular weight excluding hydrogens is 396 g/mol. The highest BCUT2D eigenvalue weighted by Gasteiger charge is 2.27. The Kier molecular flexibility index (Phi) is 7.39. The van der Waals surface area contributed by atoms with Gasteiger partial charge in [-0.2, -0.15) is 0 Å². The molecule has 0 spiro atoms. The topological polar surface area (TPSA) is 77.1 Å². The minimum atomic E-state index is -0.507. The van der Waals surface area contributed by atoms with Crippen molar-refractivity contribution in [2.24, 2.45) is 0 Å². The van der Waals surface area contributed by atoms with Crippen LogP contribution in [0.3, 0.4) is 0 Å². The van der Waals surface area contributed by atoms with E-state index < -0.39 is 11.7 Å². The van der Waals surface area contributed by atoms with Gasteiger partial charge in [-0.15, -0.1) is 0 Å². The average Bonchev–Trinajstić information content (AvgIpc) is 2.74. The maximum Gasteiger partial charge on any atom is 0.411 e. The van der Waals surface area contributed by atoms with E-state index in [4.69, 9.17) is 14.2 Å². The lowest BCUT2D eigenvalue weighted by atomic mass is 10.1. The number of carbonyl (C=O) groups is 2. The number of likely N-dealkylation sites (tertiary alicyclic amines) is 1. The lowest BCUT2D eigenvalue weighted by Crippen LogP contribution is -2.44. The van der Waals surface area contributed by atoms with Gasteiger partial charge in [0, 0.05) is 31.6 Å². The molecule has 7 heteroatoms. The molecule has 0 saturated carbocycles. The van der Waals surface area contributed by atoms with Gasteiger partial charge in [0.2, 0.25) is 0 Å². The number of ether oxygens (including phenoxy) is 3. The fourth-order valence-electron chi connectivity index (χ4n) is 3.17. The first-order chi connectivity index (χ1) is 14.8. The van der Waals surface area contributed by atoms with Gasteiger partial charge in [-0.1, -0.05) is 30.3 Å². The molecule has 166 valence electrons. The molecule has 2 aromatic carbocycles. The number of amides is 2. The molecule has 2 aromatic rings. The third kappa shape index (κ3) is 7.51. The molecule has 0 aliphatic carbocycles. The third-order valence-corrected chi connectivity index (χ3v) is 4.71. The molecule has 1 aliphatic rings. The van der Waals surface area contributed by atoms with Crippen molar-refractivity contribution in [1.82, 2.24) is 4.90 Å². The van der Waals surface area contributed by atoms with Gasteiger partial charge >= 0.3 is 12.2 Å². The smallest absolute Gasteiger partial charge is 0.411 e. The summed E-state index contributed by atoms with van der Waals surface area (Å²) in [7, 11) is 0. The van der Waals surface area contributed by atoms with Crippen LogP contribution < -0.4 is 10.1 Å². The normalized spacial score (nSPS) is 14.6. The Morgan fingerprint density at radius 2 is 1.65 bits per heavy atom. The Bertz CT molecular complexity index is 854. The summed E-state index contributed by atoms with van der Waals surface area (Å²) < 4.78 is 16.7. The van der Waals surface area contributed by atoms with Crippen molar-refractivity contribution in [3.8, 4) is 5.75 Å². The van der Waals surface area contributed by atoms with Gasteiger partial charge in [0.25, 0.3) is 0 Å².